The fraction of sp³-hybridized carbons (Fsp3) is 0. The first-order valence-electron chi connectivity index (χ1n) is 19.0. The van der Waals surface area contributed by atoms with Gasteiger partial charge in [-0.05, 0) is 111 Å². The minimum absolute atomic E-state index is 1.22. The lowest BCUT2D eigenvalue weighted by Gasteiger charge is -2.19. The summed E-state index contributed by atoms with van der Waals surface area (Å²) in [6, 6.07) is 72.1. The van der Waals surface area contributed by atoms with Gasteiger partial charge in [0.05, 0.1) is 0 Å². The summed E-state index contributed by atoms with van der Waals surface area (Å²) in [4.78, 5) is 0. The molecular weight excluding hydrogens is 681 g/mol. The molecule has 1 heteroatoms. The topological polar surface area (TPSA) is 0 Å². The molecule has 55 heavy (non-hydrogen) atoms. The van der Waals surface area contributed by atoms with Crippen LogP contribution in [0, 0.1) is 0 Å². The molecule has 0 aliphatic rings. The fourth-order valence-corrected chi connectivity index (χ4v) is 10.6. The van der Waals surface area contributed by atoms with E-state index in [1.165, 1.54) is 118 Å². The highest BCUT2D eigenvalue weighted by Gasteiger charge is 2.19. The van der Waals surface area contributed by atoms with Crippen LogP contribution in [0.1, 0.15) is 0 Å². The first kappa shape index (κ1) is 30.6. The van der Waals surface area contributed by atoms with E-state index < -0.39 is 0 Å². The number of hydrogen-bond donors (Lipinski definition) is 0. The molecule has 1 heterocycles. The summed E-state index contributed by atoms with van der Waals surface area (Å²) in [6.07, 6.45) is 0. The van der Waals surface area contributed by atoms with Crippen molar-refractivity contribution in [3.05, 3.63) is 194 Å². The third kappa shape index (κ3) is 4.57. The van der Waals surface area contributed by atoms with Crippen LogP contribution in [-0.2, 0) is 0 Å². The smallest absolute Gasteiger partial charge is 0.0440 e. The van der Waals surface area contributed by atoms with Gasteiger partial charge in [0.15, 0.2) is 0 Å². The number of benzene rings is 11. The summed E-state index contributed by atoms with van der Waals surface area (Å²) >= 11 is 1.92. The average Bonchev–Trinajstić information content (AvgIpc) is 3.63. The Hall–Kier alpha value is -6.80. The van der Waals surface area contributed by atoms with Gasteiger partial charge in [-0.15, -0.1) is 11.3 Å². The van der Waals surface area contributed by atoms with Gasteiger partial charge in [0.25, 0.3) is 0 Å². The molecule has 1 aromatic heterocycles. The molecule has 0 N–H and O–H groups in total. The Morgan fingerprint density at radius 1 is 0.273 bits per heavy atom. The third-order valence-corrected chi connectivity index (χ3v) is 13.0. The standard InChI is InChI=1S/C54H32S/c1-2-14-37-32-50-49(31-36(37)13-1)53-42-18-6-5-17-40(42)48-30-38(28-29-47(48)54(53)55-50)33-24-26-35(27-25-33)51-43-19-7-9-21-45(43)52(46-22-10-8-20-44(46)51)41-23-11-15-34-12-3-4-16-39(34)41/h1-32H. The monoisotopic (exact) mass is 712 g/mol. The van der Waals surface area contributed by atoms with Crippen molar-refractivity contribution in [3.8, 4) is 33.4 Å². The van der Waals surface area contributed by atoms with Crippen LogP contribution >= 0.6 is 11.3 Å². The maximum atomic E-state index is 2.41. The highest BCUT2D eigenvalue weighted by atomic mass is 32.1. The molecule has 0 atom stereocenters. The number of hydrogen-bond acceptors (Lipinski definition) is 1. The minimum atomic E-state index is 1.22. The Morgan fingerprint density at radius 2 is 0.800 bits per heavy atom. The van der Waals surface area contributed by atoms with E-state index in [2.05, 4.69) is 194 Å². The Balaban J connectivity index is 1.03. The van der Waals surface area contributed by atoms with Crippen LogP contribution in [0.25, 0.3) is 118 Å². The third-order valence-electron chi connectivity index (χ3n) is 11.8. The molecule has 0 aliphatic heterocycles. The summed E-state index contributed by atoms with van der Waals surface area (Å²) in [6.45, 7) is 0. The molecule has 0 bridgehead atoms. The Labute approximate surface area is 322 Å². The SMILES string of the molecule is c1ccc2cc3c(cc2c1)sc1c2ccc(-c4ccc(-c5c6ccccc6c(-c6cccc7ccccc67)c6ccccc56)cc4)cc2c2ccccc2c31. The van der Waals surface area contributed by atoms with E-state index in [-0.39, 0.29) is 0 Å². The second-order valence-corrected chi connectivity index (χ2v) is 15.8. The van der Waals surface area contributed by atoms with Gasteiger partial charge >= 0.3 is 0 Å². The van der Waals surface area contributed by atoms with Gasteiger partial charge in [-0.3, -0.25) is 0 Å². The molecular formula is C54H32S. The molecule has 0 saturated heterocycles. The van der Waals surface area contributed by atoms with Gasteiger partial charge in [-0.1, -0.05) is 176 Å². The normalized spacial score (nSPS) is 12.0. The van der Waals surface area contributed by atoms with Crippen LogP contribution in [0.2, 0.25) is 0 Å². The highest BCUT2D eigenvalue weighted by molar-refractivity contribution is 7.27. The molecule has 0 amide bonds. The van der Waals surface area contributed by atoms with Crippen LogP contribution in [0.3, 0.4) is 0 Å². The van der Waals surface area contributed by atoms with E-state index in [4.69, 9.17) is 0 Å². The number of fused-ring (bicyclic) bond motifs is 12. The predicted octanol–water partition coefficient (Wildman–Crippen LogP) is 16.0. The van der Waals surface area contributed by atoms with Crippen molar-refractivity contribution < 1.29 is 0 Å². The van der Waals surface area contributed by atoms with Crippen molar-refractivity contribution in [2.75, 3.05) is 0 Å². The zero-order valence-corrected chi connectivity index (χ0v) is 30.7. The molecule has 0 spiro atoms. The van der Waals surface area contributed by atoms with Gasteiger partial charge in [0, 0.05) is 25.6 Å². The zero-order valence-electron chi connectivity index (χ0n) is 29.9. The molecule has 0 nitrogen and oxygen atoms in total. The van der Waals surface area contributed by atoms with E-state index in [0.29, 0.717) is 0 Å². The van der Waals surface area contributed by atoms with Crippen molar-refractivity contribution in [3.63, 3.8) is 0 Å². The lowest BCUT2D eigenvalue weighted by Crippen LogP contribution is -1.91. The van der Waals surface area contributed by atoms with Gasteiger partial charge < -0.3 is 0 Å². The van der Waals surface area contributed by atoms with Crippen LogP contribution in [0.15, 0.2) is 194 Å². The Morgan fingerprint density at radius 3 is 1.51 bits per heavy atom. The quantitative estimate of drug-likeness (QED) is 0.126. The summed E-state index contributed by atoms with van der Waals surface area (Å²) in [7, 11) is 0. The van der Waals surface area contributed by atoms with Crippen LogP contribution in [-0.4, -0.2) is 0 Å². The van der Waals surface area contributed by atoms with Crippen molar-refractivity contribution in [1.82, 2.24) is 0 Å². The van der Waals surface area contributed by atoms with Gasteiger partial charge in [-0.2, -0.15) is 0 Å². The number of thiophene rings is 1. The molecule has 12 aromatic rings. The summed E-state index contributed by atoms with van der Waals surface area (Å²) in [5.74, 6) is 0. The van der Waals surface area contributed by atoms with E-state index in [9.17, 15) is 0 Å². The van der Waals surface area contributed by atoms with Crippen molar-refractivity contribution in [1.29, 1.82) is 0 Å². The van der Waals surface area contributed by atoms with E-state index in [1.807, 2.05) is 11.3 Å². The molecule has 0 fully saturated rings. The summed E-state index contributed by atoms with van der Waals surface area (Å²) in [5, 5.41) is 18.2. The molecule has 0 aliphatic carbocycles. The van der Waals surface area contributed by atoms with Gasteiger partial charge in [0.2, 0.25) is 0 Å². The van der Waals surface area contributed by atoms with Crippen molar-refractivity contribution in [2.24, 2.45) is 0 Å². The largest absolute Gasteiger partial charge is 0.134 e. The molecule has 11 aromatic carbocycles. The van der Waals surface area contributed by atoms with Crippen LogP contribution in [0.4, 0.5) is 0 Å². The highest BCUT2D eigenvalue weighted by Crippen LogP contribution is 2.47. The molecule has 0 radical (unpaired) electrons. The van der Waals surface area contributed by atoms with E-state index >= 15 is 0 Å². The predicted molar refractivity (Wildman–Crippen MR) is 241 cm³/mol. The van der Waals surface area contributed by atoms with Gasteiger partial charge in [-0.25, -0.2) is 0 Å². The Bertz CT molecular complexity index is 3470. The number of rotatable bonds is 3. The average molecular weight is 713 g/mol. The lowest BCUT2D eigenvalue weighted by atomic mass is 9.84. The molecule has 0 saturated carbocycles. The molecule has 12 rings (SSSR count). The van der Waals surface area contributed by atoms with E-state index in [1.54, 1.807) is 0 Å². The first-order chi connectivity index (χ1) is 27.3. The molecule has 254 valence electrons. The van der Waals surface area contributed by atoms with Crippen LogP contribution in [0.5, 0.6) is 0 Å². The van der Waals surface area contributed by atoms with Crippen molar-refractivity contribution in [2.45, 2.75) is 0 Å². The van der Waals surface area contributed by atoms with E-state index in [0.717, 1.165) is 0 Å². The Kier molecular flexibility index (Phi) is 6.60. The maximum absolute atomic E-state index is 2.41. The van der Waals surface area contributed by atoms with Crippen molar-refractivity contribution >= 4 is 96.1 Å². The zero-order chi connectivity index (χ0) is 36.0. The van der Waals surface area contributed by atoms with Crippen LogP contribution < -0.4 is 0 Å². The molecule has 0 unspecified atom stereocenters. The maximum Gasteiger partial charge on any atom is 0.0440 e. The second kappa shape index (κ2) is 11.9. The summed E-state index contributed by atoms with van der Waals surface area (Å²) in [5.41, 5.74) is 7.54. The lowest BCUT2D eigenvalue weighted by molar-refractivity contribution is 1.63. The van der Waals surface area contributed by atoms with Gasteiger partial charge in [0.1, 0.15) is 0 Å². The summed E-state index contributed by atoms with van der Waals surface area (Å²) < 4.78 is 2.71. The second-order valence-electron chi connectivity index (χ2n) is 14.8. The first-order valence-corrected chi connectivity index (χ1v) is 19.8. The fourth-order valence-electron chi connectivity index (χ4n) is 9.32. The minimum Gasteiger partial charge on any atom is -0.134 e.